The number of ether oxygens (including phenoxy) is 2. The average Bonchev–Trinajstić information content (AvgIpc) is 2.71. The number of hydrogen-bond acceptors (Lipinski definition) is 4. The van der Waals surface area contributed by atoms with Gasteiger partial charge in [-0.05, 0) is 30.9 Å². The van der Waals surface area contributed by atoms with Gasteiger partial charge >= 0.3 is 5.97 Å². The van der Waals surface area contributed by atoms with Crippen LogP contribution in [0.3, 0.4) is 0 Å². The van der Waals surface area contributed by atoms with E-state index in [2.05, 4.69) is 5.32 Å². The summed E-state index contributed by atoms with van der Waals surface area (Å²) in [5, 5.41) is 2.84. The molecule has 0 radical (unpaired) electrons. The molecular weight excluding hydrogens is 354 g/mol. The summed E-state index contributed by atoms with van der Waals surface area (Å²) in [5.74, 6) is -0.657. The van der Waals surface area contributed by atoms with Crippen molar-refractivity contribution in [2.24, 2.45) is 5.92 Å². The van der Waals surface area contributed by atoms with Gasteiger partial charge in [-0.2, -0.15) is 0 Å². The van der Waals surface area contributed by atoms with Crippen LogP contribution >= 0.6 is 0 Å². The minimum atomic E-state index is -1.43. The predicted octanol–water partition coefficient (Wildman–Crippen LogP) is 3.67. The molecule has 2 aromatic rings. The Bertz CT molecular complexity index is 719. The van der Waals surface area contributed by atoms with Crippen LogP contribution in [-0.4, -0.2) is 31.1 Å². The standard InChI is InChI=1S/C23H29NO4/c1-5-28-23(19-12-8-6-9-13-19,20-14-10-7-11-15-20)22(26)27-16-21(25)24-18(4)17(2)3/h6-15,17-18H,5,16H2,1-4H3,(H,24,25)/t18-/m0/s1. The molecule has 5 nitrogen and oxygen atoms in total. The summed E-state index contributed by atoms with van der Waals surface area (Å²) in [6.45, 7) is 7.72. The van der Waals surface area contributed by atoms with E-state index in [9.17, 15) is 9.59 Å². The summed E-state index contributed by atoms with van der Waals surface area (Å²) in [6.07, 6.45) is 0. The van der Waals surface area contributed by atoms with Gasteiger partial charge < -0.3 is 14.8 Å². The lowest BCUT2D eigenvalue weighted by molar-refractivity contribution is -0.170. The first-order valence-electron chi connectivity index (χ1n) is 9.63. The Kier molecular flexibility index (Phi) is 7.76. The molecule has 0 saturated heterocycles. The second-order valence-electron chi connectivity index (χ2n) is 7.02. The first kappa shape index (κ1) is 21.6. The predicted molar refractivity (Wildman–Crippen MR) is 109 cm³/mol. The maximum absolute atomic E-state index is 13.3. The molecule has 0 aliphatic carbocycles. The Balaban J connectivity index is 2.31. The highest BCUT2D eigenvalue weighted by atomic mass is 16.6. The summed E-state index contributed by atoms with van der Waals surface area (Å²) in [7, 11) is 0. The zero-order valence-corrected chi connectivity index (χ0v) is 17.0. The smallest absolute Gasteiger partial charge is 0.348 e. The van der Waals surface area contributed by atoms with Crippen LogP contribution in [-0.2, 0) is 24.7 Å². The zero-order chi connectivity index (χ0) is 20.6. The molecular formula is C23H29NO4. The third-order valence-electron chi connectivity index (χ3n) is 4.73. The minimum absolute atomic E-state index is 0.00824. The van der Waals surface area contributed by atoms with E-state index in [1.54, 1.807) is 0 Å². The molecule has 0 aromatic heterocycles. The van der Waals surface area contributed by atoms with Crippen LogP contribution in [0.25, 0.3) is 0 Å². The van der Waals surface area contributed by atoms with E-state index in [0.717, 1.165) is 0 Å². The molecule has 0 spiro atoms. The average molecular weight is 383 g/mol. The molecule has 0 fully saturated rings. The summed E-state index contributed by atoms with van der Waals surface area (Å²) >= 11 is 0. The lowest BCUT2D eigenvalue weighted by atomic mass is 9.86. The zero-order valence-electron chi connectivity index (χ0n) is 17.0. The van der Waals surface area contributed by atoms with Crippen LogP contribution in [0.1, 0.15) is 38.8 Å². The fourth-order valence-corrected chi connectivity index (χ4v) is 2.89. The molecule has 2 aromatic carbocycles. The maximum atomic E-state index is 13.3. The largest absolute Gasteiger partial charge is 0.453 e. The Labute approximate surface area is 167 Å². The second-order valence-corrected chi connectivity index (χ2v) is 7.02. The number of rotatable bonds is 9. The Morgan fingerprint density at radius 3 is 1.86 bits per heavy atom. The van der Waals surface area contributed by atoms with Gasteiger partial charge in [0.15, 0.2) is 6.61 Å². The van der Waals surface area contributed by atoms with Crippen molar-refractivity contribution in [2.75, 3.05) is 13.2 Å². The van der Waals surface area contributed by atoms with E-state index < -0.39 is 11.6 Å². The van der Waals surface area contributed by atoms with E-state index in [-0.39, 0.29) is 24.5 Å². The van der Waals surface area contributed by atoms with Crippen molar-refractivity contribution in [1.29, 1.82) is 0 Å². The highest BCUT2D eigenvalue weighted by Gasteiger charge is 2.45. The number of hydrogen-bond donors (Lipinski definition) is 1. The highest BCUT2D eigenvalue weighted by molar-refractivity contribution is 5.88. The van der Waals surface area contributed by atoms with Crippen molar-refractivity contribution in [3.63, 3.8) is 0 Å². The molecule has 0 aliphatic rings. The molecule has 0 heterocycles. The van der Waals surface area contributed by atoms with Gasteiger partial charge in [0.05, 0.1) is 0 Å². The number of benzene rings is 2. The van der Waals surface area contributed by atoms with Gasteiger partial charge in [-0.15, -0.1) is 0 Å². The SMILES string of the molecule is CCOC(C(=O)OCC(=O)N[C@@H](C)C(C)C)(c1ccccc1)c1ccccc1. The van der Waals surface area contributed by atoms with Gasteiger partial charge in [-0.3, -0.25) is 4.79 Å². The molecule has 1 N–H and O–H groups in total. The molecule has 1 amide bonds. The van der Waals surface area contributed by atoms with Crippen molar-refractivity contribution in [3.8, 4) is 0 Å². The van der Waals surface area contributed by atoms with E-state index >= 15 is 0 Å². The highest BCUT2D eigenvalue weighted by Crippen LogP contribution is 2.35. The molecule has 0 unspecified atom stereocenters. The third-order valence-corrected chi connectivity index (χ3v) is 4.73. The van der Waals surface area contributed by atoms with Gasteiger partial charge in [0, 0.05) is 12.6 Å². The fourth-order valence-electron chi connectivity index (χ4n) is 2.89. The van der Waals surface area contributed by atoms with Crippen LogP contribution in [0.4, 0.5) is 0 Å². The summed E-state index contributed by atoms with van der Waals surface area (Å²) in [4.78, 5) is 25.4. The number of esters is 1. The lowest BCUT2D eigenvalue weighted by Gasteiger charge is -2.32. The molecule has 150 valence electrons. The number of nitrogens with one attached hydrogen (secondary N) is 1. The Morgan fingerprint density at radius 2 is 1.43 bits per heavy atom. The van der Waals surface area contributed by atoms with E-state index in [1.165, 1.54) is 0 Å². The summed E-state index contributed by atoms with van der Waals surface area (Å²) in [5.41, 5.74) is -0.116. The molecule has 0 bridgehead atoms. The van der Waals surface area contributed by atoms with Crippen LogP contribution in [0, 0.1) is 5.92 Å². The number of carbonyl (C=O) groups is 2. The molecule has 0 aliphatic heterocycles. The van der Waals surface area contributed by atoms with Gasteiger partial charge in [-0.1, -0.05) is 74.5 Å². The van der Waals surface area contributed by atoms with E-state index in [1.807, 2.05) is 88.4 Å². The second kappa shape index (κ2) is 10.0. The topological polar surface area (TPSA) is 64.6 Å². The van der Waals surface area contributed by atoms with Gasteiger partial charge in [0.1, 0.15) is 0 Å². The number of carbonyl (C=O) groups excluding carboxylic acids is 2. The van der Waals surface area contributed by atoms with Crippen molar-refractivity contribution in [2.45, 2.75) is 39.3 Å². The van der Waals surface area contributed by atoms with E-state index in [0.29, 0.717) is 17.7 Å². The van der Waals surface area contributed by atoms with Crippen LogP contribution in [0.15, 0.2) is 60.7 Å². The monoisotopic (exact) mass is 383 g/mol. The summed E-state index contributed by atoms with van der Waals surface area (Å²) in [6, 6.07) is 18.4. The summed E-state index contributed by atoms with van der Waals surface area (Å²) < 4.78 is 11.4. The molecule has 0 saturated carbocycles. The van der Waals surface area contributed by atoms with Crippen LogP contribution in [0.2, 0.25) is 0 Å². The normalized spacial score (nSPS) is 12.5. The van der Waals surface area contributed by atoms with Crippen LogP contribution in [0.5, 0.6) is 0 Å². The minimum Gasteiger partial charge on any atom is -0.453 e. The quantitative estimate of drug-likeness (QED) is 0.671. The van der Waals surface area contributed by atoms with Gasteiger partial charge in [0.2, 0.25) is 5.60 Å². The van der Waals surface area contributed by atoms with Crippen molar-refractivity contribution in [1.82, 2.24) is 5.32 Å². The Morgan fingerprint density at radius 1 is 0.929 bits per heavy atom. The lowest BCUT2D eigenvalue weighted by Crippen LogP contribution is -2.44. The molecule has 1 atom stereocenters. The number of amides is 1. The van der Waals surface area contributed by atoms with Crippen LogP contribution < -0.4 is 5.32 Å². The van der Waals surface area contributed by atoms with Gasteiger partial charge in [-0.25, -0.2) is 4.79 Å². The first-order valence-corrected chi connectivity index (χ1v) is 9.63. The van der Waals surface area contributed by atoms with Crippen molar-refractivity contribution >= 4 is 11.9 Å². The molecule has 2 rings (SSSR count). The van der Waals surface area contributed by atoms with E-state index in [4.69, 9.17) is 9.47 Å². The van der Waals surface area contributed by atoms with Crippen molar-refractivity contribution < 1.29 is 19.1 Å². The Hall–Kier alpha value is -2.66. The maximum Gasteiger partial charge on any atom is 0.348 e. The van der Waals surface area contributed by atoms with Crippen molar-refractivity contribution in [3.05, 3.63) is 71.8 Å². The first-order chi connectivity index (χ1) is 13.4. The molecule has 5 heteroatoms. The fraction of sp³-hybridized carbons (Fsp3) is 0.391. The molecule has 28 heavy (non-hydrogen) atoms. The van der Waals surface area contributed by atoms with Gasteiger partial charge in [0.25, 0.3) is 5.91 Å². The third kappa shape index (κ3) is 4.98.